The fourth-order valence-electron chi connectivity index (χ4n) is 1.97. The zero-order valence-corrected chi connectivity index (χ0v) is 14.2. The van der Waals surface area contributed by atoms with Crippen molar-refractivity contribution in [1.29, 1.82) is 0 Å². The van der Waals surface area contributed by atoms with E-state index in [1.165, 1.54) is 0 Å². The lowest BCUT2D eigenvalue weighted by Crippen LogP contribution is -2.42. The molecule has 0 radical (unpaired) electrons. The van der Waals surface area contributed by atoms with Gasteiger partial charge in [-0.15, -0.1) is 0 Å². The molecule has 20 heavy (non-hydrogen) atoms. The van der Waals surface area contributed by atoms with Crippen LogP contribution >= 0.6 is 34.8 Å². The molecular formula is C14H17IN2O2S. The first-order valence-corrected chi connectivity index (χ1v) is 8.02. The number of aryl methyl sites for hydroxylation is 1. The first kappa shape index (κ1) is 15.7. The minimum absolute atomic E-state index is 0.187. The van der Waals surface area contributed by atoms with Crippen molar-refractivity contribution in [2.24, 2.45) is 0 Å². The average molecular weight is 404 g/mol. The molecule has 2 N–H and O–H groups in total. The third-order valence-electron chi connectivity index (χ3n) is 3.18. The first-order chi connectivity index (χ1) is 9.56. The van der Waals surface area contributed by atoms with Gasteiger partial charge in [-0.05, 0) is 72.3 Å². The molecule has 1 aliphatic rings. The van der Waals surface area contributed by atoms with E-state index in [4.69, 9.17) is 17.0 Å². The lowest BCUT2D eigenvalue weighted by atomic mass is 10.1. The zero-order valence-electron chi connectivity index (χ0n) is 11.2. The molecule has 1 saturated heterocycles. The van der Waals surface area contributed by atoms with Crippen LogP contribution in [0.15, 0.2) is 18.2 Å². The van der Waals surface area contributed by atoms with Crippen molar-refractivity contribution >= 4 is 45.8 Å². The first-order valence-electron chi connectivity index (χ1n) is 6.53. The fraction of sp³-hybridized carbons (Fsp3) is 0.429. The molecule has 0 aliphatic carbocycles. The molecule has 0 unspecified atom stereocenters. The maximum absolute atomic E-state index is 12.0. The summed E-state index contributed by atoms with van der Waals surface area (Å²) in [5.74, 6) is -0.187. The predicted octanol–water partition coefficient (Wildman–Crippen LogP) is 2.38. The molecule has 1 fully saturated rings. The third kappa shape index (κ3) is 4.39. The molecule has 2 rings (SSSR count). The number of thiocarbonyl (C=S) groups is 1. The summed E-state index contributed by atoms with van der Waals surface area (Å²) in [7, 11) is 0. The number of benzene rings is 1. The van der Waals surface area contributed by atoms with Crippen LogP contribution in [0.25, 0.3) is 0 Å². The summed E-state index contributed by atoms with van der Waals surface area (Å²) in [5.41, 5.74) is 1.77. The van der Waals surface area contributed by atoms with Crippen molar-refractivity contribution in [3.05, 3.63) is 32.9 Å². The van der Waals surface area contributed by atoms with Gasteiger partial charge in [0.15, 0.2) is 5.11 Å². The van der Waals surface area contributed by atoms with Gasteiger partial charge in [0.25, 0.3) is 5.91 Å². The van der Waals surface area contributed by atoms with Crippen molar-refractivity contribution in [2.75, 3.05) is 13.2 Å². The Balaban J connectivity index is 1.83. The van der Waals surface area contributed by atoms with Gasteiger partial charge in [-0.2, -0.15) is 0 Å². The van der Waals surface area contributed by atoms with Crippen LogP contribution in [0, 0.1) is 10.5 Å². The van der Waals surface area contributed by atoms with Crippen LogP contribution in [0.3, 0.4) is 0 Å². The van der Waals surface area contributed by atoms with Crippen molar-refractivity contribution < 1.29 is 9.53 Å². The summed E-state index contributed by atoms with van der Waals surface area (Å²) < 4.78 is 6.55. The van der Waals surface area contributed by atoms with Crippen LogP contribution in [-0.4, -0.2) is 30.3 Å². The Kier molecular flexibility index (Phi) is 5.74. The number of carbonyl (C=O) groups is 1. The molecule has 1 aromatic carbocycles. The van der Waals surface area contributed by atoms with Crippen LogP contribution < -0.4 is 10.6 Å². The maximum atomic E-state index is 12.0. The molecule has 108 valence electrons. The summed E-state index contributed by atoms with van der Waals surface area (Å²) in [6.45, 7) is 3.47. The number of rotatable bonds is 3. The lowest BCUT2D eigenvalue weighted by molar-refractivity contribution is 0.0973. The van der Waals surface area contributed by atoms with Gasteiger partial charge in [0.2, 0.25) is 0 Å². The molecule has 1 atom stereocenters. The van der Waals surface area contributed by atoms with E-state index in [9.17, 15) is 4.79 Å². The molecule has 1 heterocycles. The minimum Gasteiger partial charge on any atom is -0.376 e. The third-order valence-corrected chi connectivity index (χ3v) is 4.58. The average Bonchev–Trinajstić information content (AvgIpc) is 2.92. The molecule has 6 heteroatoms. The highest BCUT2D eigenvalue weighted by Crippen LogP contribution is 2.13. The SMILES string of the molecule is Cc1ccc(C(=O)NC(=S)NC[C@H]2CCCO2)cc1I. The van der Waals surface area contributed by atoms with Crippen LogP contribution in [0.2, 0.25) is 0 Å². The topological polar surface area (TPSA) is 50.4 Å². The predicted molar refractivity (Wildman–Crippen MR) is 90.9 cm³/mol. The van der Waals surface area contributed by atoms with Crippen molar-refractivity contribution in [3.8, 4) is 0 Å². The second kappa shape index (κ2) is 7.33. The van der Waals surface area contributed by atoms with E-state index in [-0.39, 0.29) is 12.0 Å². The van der Waals surface area contributed by atoms with Gasteiger partial charge in [-0.3, -0.25) is 10.1 Å². The molecule has 4 nitrogen and oxygen atoms in total. The standard InChI is InChI=1S/C14H17IN2O2S/c1-9-4-5-10(7-12(9)15)13(18)17-14(20)16-8-11-3-2-6-19-11/h4-5,7,11H,2-3,6,8H2,1H3,(H2,16,17,18,20)/t11-/m1/s1. The van der Waals surface area contributed by atoms with Crippen molar-refractivity contribution in [3.63, 3.8) is 0 Å². The van der Waals surface area contributed by atoms with Gasteiger partial charge in [0.1, 0.15) is 0 Å². The van der Waals surface area contributed by atoms with Gasteiger partial charge in [-0.25, -0.2) is 0 Å². The van der Waals surface area contributed by atoms with Gasteiger partial charge in [0.05, 0.1) is 6.10 Å². The Labute approximate surface area is 137 Å². The van der Waals surface area contributed by atoms with E-state index in [1.807, 2.05) is 19.1 Å². The molecule has 0 aromatic heterocycles. The smallest absolute Gasteiger partial charge is 0.257 e. The second-order valence-corrected chi connectivity index (χ2v) is 6.33. The van der Waals surface area contributed by atoms with Gasteiger partial charge in [0, 0.05) is 22.3 Å². The van der Waals surface area contributed by atoms with Gasteiger partial charge >= 0.3 is 0 Å². The summed E-state index contributed by atoms with van der Waals surface area (Å²) >= 11 is 7.34. The highest BCUT2D eigenvalue weighted by molar-refractivity contribution is 14.1. The summed E-state index contributed by atoms with van der Waals surface area (Å²) in [6.07, 6.45) is 2.33. The Morgan fingerprint density at radius 2 is 2.35 bits per heavy atom. The highest BCUT2D eigenvalue weighted by atomic mass is 127. The number of hydrogen-bond donors (Lipinski definition) is 2. The molecule has 1 amide bonds. The quantitative estimate of drug-likeness (QED) is 0.600. The Morgan fingerprint density at radius 1 is 1.55 bits per heavy atom. The van der Waals surface area contributed by atoms with E-state index < -0.39 is 0 Å². The van der Waals surface area contributed by atoms with Crippen LogP contribution in [0.1, 0.15) is 28.8 Å². The number of nitrogens with one attached hydrogen (secondary N) is 2. The van der Waals surface area contributed by atoms with Crippen LogP contribution in [-0.2, 0) is 4.74 Å². The van der Waals surface area contributed by atoms with Crippen molar-refractivity contribution in [2.45, 2.75) is 25.9 Å². The lowest BCUT2D eigenvalue weighted by Gasteiger charge is -2.13. The minimum atomic E-state index is -0.187. The molecule has 1 aromatic rings. The Hall–Kier alpha value is -0.730. The van der Waals surface area contributed by atoms with E-state index >= 15 is 0 Å². The zero-order chi connectivity index (χ0) is 14.5. The van der Waals surface area contributed by atoms with E-state index in [2.05, 4.69) is 33.2 Å². The Bertz CT molecular complexity index is 516. The van der Waals surface area contributed by atoms with E-state index in [0.717, 1.165) is 28.6 Å². The number of carbonyl (C=O) groups excluding carboxylic acids is 1. The van der Waals surface area contributed by atoms with Gasteiger partial charge < -0.3 is 10.1 Å². The molecule has 1 aliphatic heterocycles. The number of amides is 1. The molecule has 0 bridgehead atoms. The number of halogens is 1. The van der Waals surface area contributed by atoms with E-state index in [0.29, 0.717) is 17.2 Å². The van der Waals surface area contributed by atoms with Crippen LogP contribution in [0.4, 0.5) is 0 Å². The molecular weight excluding hydrogens is 387 g/mol. The molecule has 0 spiro atoms. The highest BCUT2D eigenvalue weighted by Gasteiger charge is 2.16. The fourth-order valence-corrected chi connectivity index (χ4v) is 2.66. The van der Waals surface area contributed by atoms with Crippen LogP contribution in [0.5, 0.6) is 0 Å². The van der Waals surface area contributed by atoms with Gasteiger partial charge in [-0.1, -0.05) is 6.07 Å². The summed E-state index contributed by atoms with van der Waals surface area (Å²) in [5, 5.41) is 6.06. The summed E-state index contributed by atoms with van der Waals surface area (Å²) in [4.78, 5) is 12.0. The number of ether oxygens (including phenoxy) is 1. The van der Waals surface area contributed by atoms with E-state index in [1.54, 1.807) is 6.07 Å². The monoisotopic (exact) mass is 404 g/mol. The van der Waals surface area contributed by atoms with Crippen molar-refractivity contribution in [1.82, 2.24) is 10.6 Å². The number of hydrogen-bond acceptors (Lipinski definition) is 3. The Morgan fingerprint density at radius 3 is 3.00 bits per heavy atom. The normalized spacial score (nSPS) is 17.8. The molecule has 0 saturated carbocycles. The largest absolute Gasteiger partial charge is 0.376 e. The second-order valence-electron chi connectivity index (χ2n) is 4.76. The maximum Gasteiger partial charge on any atom is 0.257 e. The summed E-state index contributed by atoms with van der Waals surface area (Å²) in [6, 6.07) is 5.59.